The molecule has 0 saturated carbocycles. The van der Waals surface area contributed by atoms with Crippen LogP contribution in [0.2, 0.25) is 0 Å². The van der Waals surface area contributed by atoms with Gasteiger partial charge in [0.1, 0.15) is 22.6 Å². The molecule has 80 heavy (non-hydrogen) atoms. The second-order valence-electron chi connectivity index (χ2n) is 17.4. The lowest BCUT2D eigenvalue weighted by Gasteiger charge is -2.09. The Morgan fingerprint density at radius 3 is 1.00 bits per heavy atom. The molecule has 32 heteroatoms. The van der Waals surface area contributed by atoms with Gasteiger partial charge in [0.25, 0.3) is 0 Å². The molecule has 3 aromatic heterocycles. The molecule has 7 aromatic rings. The van der Waals surface area contributed by atoms with Gasteiger partial charge in [0.2, 0.25) is 40.1 Å². The summed E-state index contributed by atoms with van der Waals surface area (Å²) in [5.74, 6) is -0.231. The topological polar surface area (TPSA) is 411 Å². The van der Waals surface area contributed by atoms with Crippen LogP contribution in [0.1, 0.15) is 0 Å². The van der Waals surface area contributed by atoms with Crippen LogP contribution >= 0.6 is 0 Å². The van der Waals surface area contributed by atoms with Crippen LogP contribution in [0.4, 0.5) is 0 Å². The van der Waals surface area contributed by atoms with Crippen LogP contribution in [0.25, 0.3) is 89.7 Å². The first-order valence-electron chi connectivity index (χ1n) is 24.6. The Hall–Kier alpha value is -6.44. The maximum absolute atomic E-state index is 13.7. The molecule has 0 fully saturated rings. The Morgan fingerprint density at radius 1 is 0.338 bits per heavy atom. The van der Waals surface area contributed by atoms with Crippen LogP contribution in [0, 0.1) is 0 Å². The molecule has 8 bridgehead atoms. The quantitative estimate of drug-likeness (QED) is 0.0289. The molecule has 0 radical (unpaired) electrons. The third kappa shape index (κ3) is 13.0. The van der Waals surface area contributed by atoms with Crippen LogP contribution < -0.4 is 18.9 Å². The zero-order valence-corrected chi connectivity index (χ0v) is 45.5. The molecule has 426 valence electrons. The van der Waals surface area contributed by atoms with E-state index in [1.807, 2.05) is 0 Å². The lowest BCUT2D eigenvalue weighted by molar-refractivity contribution is 0.0961. The first-order chi connectivity index (χ1) is 38.5. The molecular formula is C48H54N12O16S4. The van der Waals surface area contributed by atoms with Crippen molar-refractivity contribution in [3.63, 3.8) is 0 Å². The number of nitrogens with one attached hydrogen (secondary N) is 6. The summed E-state index contributed by atoms with van der Waals surface area (Å²) in [5, 5.41) is 37.5. The molecule has 0 amide bonds. The Balaban J connectivity index is 1.30. The van der Waals surface area contributed by atoms with Crippen molar-refractivity contribution in [2.75, 3.05) is 105 Å². The summed E-state index contributed by atoms with van der Waals surface area (Å²) in [4.78, 5) is 34.8. The zero-order valence-electron chi connectivity index (χ0n) is 42.2. The minimum absolute atomic E-state index is 0.000577. The average molecular weight is 1180 g/mol. The highest BCUT2D eigenvalue weighted by Gasteiger charge is 2.28. The molecule has 0 atom stereocenters. The summed E-state index contributed by atoms with van der Waals surface area (Å²) >= 11 is 0. The van der Waals surface area contributed by atoms with Gasteiger partial charge in [-0.25, -0.2) is 82.5 Å². The lowest BCUT2D eigenvalue weighted by atomic mass is 10.1. The van der Waals surface area contributed by atoms with Gasteiger partial charge in [0, 0.05) is 70.0 Å². The van der Waals surface area contributed by atoms with E-state index >= 15 is 0 Å². The number of aliphatic hydroxyl groups excluding tert-OH is 4. The van der Waals surface area contributed by atoms with Gasteiger partial charge in [-0.2, -0.15) is 0 Å². The predicted octanol–water partition coefficient (Wildman–Crippen LogP) is 0.0180. The largest absolute Gasteiger partial charge is 0.394 e. The molecular weight excluding hydrogens is 1130 g/mol. The van der Waals surface area contributed by atoms with E-state index in [-0.39, 0.29) is 204 Å². The maximum Gasteiger partial charge on any atom is 0.240 e. The molecule has 4 aromatic carbocycles. The van der Waals surface area contributed by atoms with Gasteiger partial charge in [0.05, 0.1) is 98.9 Å². The Morgan fingerprint density at radius 2 is 0.625 bits per heavy atom. The molecule has 28 nitrogen and oxygen atoms in total. The van der Waals surface area contributed by atoms with Crippen molar-refractivity contribution >= 4 is 84.2 Å². The fourth-order valence-electron chi connectivity index (χ4n) is 8.37. The van der Waals surface area contributed by atoms with Crippen molar-refractivity contribution in [3.05, 3.63) is 72.8 Å². The van der Waals surface area contributed by atoms with E-state index in [2.05, 4.69) is 28.9 Å². The Labute approximate surface area is 457 Å². The van der Waals surface area contributed by atoms with Gasteiger partial charge in [-0.1, -0.05) is 0 Å². The van der Waals surface area contributed by atoms with E-state index in [0.717, 1.165) is 0 Å². The van der Waals surface area contributed by atoms with Crippen LogP contribution in [0.3, 0.4) is 0 Å². The van der Waals surface area contributed by atoms with Crippen LogP contribution in [-0.4, -0.2) is 199 Å². The van der Waals surface area contributed by atoms with Crippen molar-refractivity contribution in [1.82, 2.24) is 58.8 Å². The number of hydrogen-bond donors (Lipinski definition) is 10. The highest BCUT2D eigenvalue weighted by molar-refractivity contribution is 7.90. The molecule has 2 aliphatic heterocycles. The second kappa shape index (κ2) is 25.1. The van der Waals surface area contributed by atoms with Gasteiger partial charge in [-0.3, -0.25) is 0 Å². The van der Waals surface area contributed by atoms with Gasteiger partial charge in [-0.05, 0) is 72.8 Å². The third-order valence-corrected chi connectivity index (χ3v) is 17.9. The average Bonchev–Trinajstić information content (AvgIpc) is 4.37. The van der Waals surface area contributed by atoms with Crippen molar-refractivity contribution in [1.29, 1.82) is 0 Å². The first kappa shape index (κ1) is 58.2. The highest BCUT2D eigenvalue weighted by atomic mass is 32.2. The summed E-state index contributed by atoms with van der Waals surface area (Å²) in [7, 11) is -16.8. The highest BCUT2D eigenvalue weighted by Crippen LogP contribution is 2.40. The van der Waals surface area contributed by atoms with Gasteiger partial charge in [0.15, 0.2) is 23.3 Å². The molecule has 10 N–H and O–H groups in total. The number of H-pyrrole nitrogens is 2. The van der Waals surface area contributed by atoms with E-state index in [4.69, 9.17) is 69.3 Å². The minimum atomic E-state index is -4.21. The van der Waals surface area contributed by atoms with E-state index < -0.39 is 40.1 Å². The van der Waals surface area contributed by atoms with Crippen LogP contribution in [0.5, 0.6) is 0 Å². The number of rotatable bonds is 28. The second-order valence-corrected chi connectivity index (χ2v) is 24.4. The minimum Gasteiger partial charge on any atom is -0.394 e. The number of aliphatic hydroxyl groups is 4. The van der Waals surface area contributed by atoms with E-state index in [1.54, 1.807) is 0 Å². The van der Waals surface area contributed by atoms with Crippen molar-refractivity contribution in [2.24, 2.45) is 0 Å². The van der Waals surface area contributed by atoms with Crippen LogP contribution in [-0.2, 0) is 59.0 Å². The number of sulfonamides is 4. The van der Waals surface area contributed by atoms with Crippen LogP contribution in [0.15, 0.2) is 92.4 Å². The normalized spacial score (nSPS) is 12.8. The Bertz CT molecular complexity index is 4090. The fourth-order valence-corrected chi connectivity index (χ4v) is 12.5. The monoisotopic (exact) mass is 1180 g/mol. The molecule has 9 rings (SSSR count). The first-order valence-corrected chi connectivity index (χ1v) is 30.5. The molecule has 0 saturated heterocycles. The number of fused-ring (bicyclic) bond motifs is 20. The van der Waals surface area contributed by atoms with Crippen molar-refractivity contribution < 1.29 is 73.0 Å². The van der Waals surface area contributed by atoms with Crippen molar-refractivity contribution in [3.8, 4) is 45.6 Å². The maximum atomic E-state index is 13.7. The van der Waals surface area contributed by atoms with E-state index in [9.17, 15) is 33.7 Å². The standard InChI is InChI=1S/C48H54N12O16S4/c61-13-21-73-17-9-49-77(65,66)29-1-5-33-37(25-29)45-53-41(33)57-46-38-26-30(78(67,68)50-10-18-74-22-14-62)2-6-34(38)43(54-46)59-48-40-28-32(80(71,72)52-12-20-76-24-16-64)4-8-36(40)44(56-48)60-47-39-27-31(3-7-35(39)42(55-47)58-45)79(69,70)51-11-19-75-23-15-63/h1-8,25-28,49-52,61-64H,9-24H2,(H2,53,54,55,56,57,58,59,60). The molecule has 2 aliphatic rings. The van der Waals surface area contributed by atoms with E-state index in [1.165, 1.54) is 72.8 Å². The smallest absolute Gasteiger partial charge is 0.240 e. The lowest BCUT2D eigenvalue weighted by Crippen LogP contribution is -2.27. The number of nitrogens with zero attached hydrogens (tertiary/aromatic N) is 6. The predicted molar refractivity (Wildman–Crippen MR) is 288 cm³/mol. The number of hydrogen-bond acceptors (Lipinski definition) is 22. The van der Waals surface area contributed by atoms with Gasteiger partial charge >= 0.3 is 0 Å². The van der Waals surface area contributed by atoms with Gasteiger partial charge in [-0.15, -0.1) is 0 Å². The molecule has 0 spiro atoms. The van der Waals surface area contributed by atoms with E-state index in [0.29, 0.717) is 10.8 Å². The summed E-state index contributed by atoms with van der Waals surface area (Å²) in [5.41, 5.74) is 1.13. The Kier molecular flexibility index (Phi) is 18.3. The summed E-state index contributed by atoms with van der Waals surface area (Å²) < 4.78 is 141. The third-order valence-electron chi connectivity index (χ3n) is 12.1. The van der Waals surface area contributed by atoms with Gasteiger partial charge < -0.3 is 49.3 Å². The van der Waals surface area contributed by atoms with Crippen molar-refractivity contribution in [2.45, 2.75) is 19.6 Å². The number of aromatic nitrogens is 8. The summed E-state index contributed by atoms with van der Waals surface area (Å²) in [6.07, 6.45) is 0. The fraction of sp³-hybridized carbons (Fsp3) is 0.333. The number of ether oxygens (including phenoxy) is 4. The summed E-state index contributed by atoms with van der Waals surface area (Å²) in [6, 6.07) is 16.6. The molecule has 0 unspecified atom stereocenters. The SMILES string of the molecule is O=S(=O)(NCCOCCO)c1ccc2c(c1)-c1nc3nc(nc4[nH]c(nc5[nH]c(nc-2n1)c1cc(S(=O)(=O)NCCOCCO)ccc51)c1cc(S(=O)(=O)NCCOCCO)ccc41)-c1cc(S(=O)(=O)NCCOCCO)ccc1-3. The molecule has 5 heterocycles. The summed E-state index contributed by atoms with van der Waals surface area (Å²) in [6.45, 7) is -1.67. The number of benzene rings is 4. The number of aromatic amines is 2. The molecule has 0 aliphatic carbocycles. The zero-order chi connectivity index (χ0) is 56.7.